The summed E-state index contributed by atoms with van der Waals surface area (Å²) in [4.78, 5) is 13.3. The molecule has 3 aliphatic heterocycles. The lowest BCUT2D eigenvalue weighted by Crippen LogP contribution is -2.66. The van der Waals surface area contributed by atoms with E-state index in [1.165, 1.54) is 0 Å². The second kappa shape index (κ2) is 11.8. The molecule has 5 N–H and O–H groups in total. The van der Waals surface area contributed by atoms with Crippen molar-refractivity contribution < 1.29 is 42.8 Å². The quantitative estimate of drug-likeness (QED) is 0.335. The van der Waals surface area contributed by atoms with Crippen molar-refractivity contribution in [2.75, 3.05) is 19.4 Å². The number of halogens is 3. The number of hydrogen-bond acceptors (Lipinski definition) is 8. The second-order valence-electron chi connectivity index (χ2n) is 10.5. The number of ether oxygens (including phenoxy) is 2. The van der Waals surface area contributed by atoms with Gasteiger partial charge in [0.2, 0.25) is 5.91 Å². The van der Waals surface area contributed by atoms with Crippen LogP contribution in [0, 0.1) is 23.7 Å². The van der Waals surface area contributed by atoms with Gasteiger partial charge in [-0.15, -0.1) is 11.8 Å². The molecule has 0 aromatic carbocycles. The molecule has 6 unspecified atom stereocenters. The summed E-state index contributed by atoms with van der Waals surface area (Å²) in [6.45, 7) is 6.23. The predicted octanol–water partition coefficient (Wildman–Crippen LogP) is 1.27. The smallest absolute Gasteiger partial charge is 0.388 e. The van der Waals surface area contributed by atoms with Gasteiger partial charge in [-0.05, 0) is 43.3 Å². The number of carbonyl (C=O) groups excluding carboxylic acids is 1. The van der Waals surface area contributed by atoms with E-state index < -0.39 is 66.0 Å². The van der Waals surface area contributed by atoms with Crippen LogP contribution in [-0.4, -0.2) is 94.8 Å². The Morgan fingerprint density at radius 2 is 1.86 bits per heavy atom. The molecule has 0 radical (unpaired) electrons. The van der Waals surface area contributed by atoms with Crippen molar-refractivity contribution in [1.29, 1.82) is 0 Å². The maximum Gasteiger partial charge on any atom is 0.393 e. The van der Waals surface area contributed by atoms with Crippen LogP contribution in [0.1, 0.15) is 40.0 Å². The number of thioether (sulfide) groups is 1. The molecule has 0 aromatic rings. The molecule has 3 saturated heterocycles. The number of aliphatic hydroxyl groups is 3. The second-order valence-corrected chi connectivity index (χ2v) is 11.5. The molecule has 11 atom stereocenters. The maximum atomic E-state index is 13.8. The van der Waals surface area contributed by atoms with Gasteiger partial charge in [-0.3, -0.25) is 4.79 Å². The Balaban J connectivity index is 1.77. The van der Waals surface area contributed by atoms with Crippen LogP contribution < -0.4 is 10.6 Å². The van der Waals surface area contributed by atoms with Crippen LogP contribution in [0.4, 0.5) is 13.2 Å². The van der Waals surface area contributed by atoms with Gasteiger partial charge in [-0.25, -0.2) is 0 Å². The van der Waals surface area contributed by atoms with Gasteiger partial charge >= 0.3 is 6.18 Å². The van der Waals surface area contributed by atoms with Crippen LogP contribution in [0.15, 0.2) is 0 Å². The van der Waals surface area contributed by atoms with Crippen molar-refractivity contribution in [2.24, 2.45) is 23.7 Å². The molecule has 3 aliphatic rings. The minimum atomic E-state index is -4.70. The van der Waals surface area contributed by atoms with E-state index in [0.29, 0.717) is 25.0 Å². The minimum absolute atomic E-state index is 0.0739. The summed E-state index contributed by atoms with van der Waals surface area (Å²) in [6, 6.07) is -2.53. The molecule has 3 fully saturated rings. The third-order valence-corrected chi connectivity index (χ3v) is 8.36. The molecule has 0 aromatic heterocycles. The first kappa shape index (κ1) is 28.9. The first-order valence-electron chi connectivity index (χ1n) is 12.3. The summed E-state index contributed by atoms with van der Waals surface area (Å²) in [5.41, 5.74) is -1.06. The summed E-state index contributed by atoms with van der Waals surface area (Å²) in [6.07, 6.45) is -7.38. The average molecular weight is 529 g/mol. The zero-order valence-electron chi connectivity index (χ0n) is 20.6. The Morgan fingerprint density at radius 3 is 2.46 bits per heavy atom. The van der Waals surface area contributed by atoms with Crippen molar-refractivity contribution in [3.05, 3.63) is 0 Å². The number of rotatable bonds is 7. The summed E-state index contributed by atoms with van der Waals surface area (Å²) in [5.74, 6) is -1.68. The number of fused-ring (bicyclic) bond motifs is 1. The Kier molecular flexibility index (Phi) is 9.78. The predicted molar refractivity (Wildman–Crippen MR) is 125 cm³/mol. The maximum absolute atomic E-state index is 13.8. The topological polar surface area (TPSA) is 120 Å². The highest BCUT2D eigenvalue weighted by Crippen LogP contribution is 2.37. The lowest BCUT2D eigenvalue weighted by molar-refractivity contribution is -0.231. The fourth-order valence-corrected chi connectivity index (χ4v) is 6.27. The van der Waals surface area contributed by atoms with Crippen molar-refractivity contribution in [2.45, 2.75) is 94.2 Å². The van der Waals surface area contributed by atoms with Crippen LogP contribution in [-0.2, 0) is 14.3 Å². The molecule has 204 valence electrons. The Morgan fingerprint density at radius 1 is 1.17 bits per heavy atom. The van der Waals surface area contributed by atoms with Gasteiger partial charge < -0.3 is 35.4 Å². The minimum Gasteiger partial charge on any atom is -0.388 e. The molecule has 3 rings (SSSR count). The first-order chi connectivity index (χ1) is 16.3. The van der Waals surface area contributed by atoms with Crippen molar-refractivity contribution in [3.63, 3.8) is 0 Å². The molecule has 1 amide bonds. The van der Waals surface area contributed by atoms with E-state index in [1.807, 2.05) is 0 Å². The van der Waals surface area contributed by atoms with E-state index in [1.54, 1.807) is 6.26 Å². The molecule has 12 heteroatoms. The van der Waals surface area contributed by atoms with Crippen LogP contribution in [0.3, 0.4) is 0 Å². The van der Waals surface area contributed by atoms with Crippen LogP contribution >= 0.6 is 11.8 Å². The monoisotopic (exact) mass is 528 g/mol. The molecule has 0 spiro atoms. The number of nitrogens with one attached hydrogen (secondary N) is 2. The summed E-state index contributed by atoms with van der Waals surface area (Å²) < 4.78 is 53.0. The van der Waals surface area contributed by atoms with E-state index in [-0.39, 0.29) is 5.92 Å². The molecule has 8 nitrogen and oxygen atoms in total. The molecule has 0 aliphatic carbocycles. The zero-order valence-corrected chi connectivity index (χ0v) is 21.4. The van der Waals surface area contributed by atoms with Crippen molar-refractivity contribution in [1.82, 2.24) is 10.6 Å². The third kappa shape index (κ3) is 6.63. The zero-order chi connectivity index (χ0) is 26.1. The van der Waals surface area contributed by atoms with Gasteiger partial charge in [0.15, 0.2) is 0 Å². The van der Waals surface area contributed by atoms with Crippen LogP contribution in [0.2, 0.25) is 0 Å². The Hall–Kier alpha value is -0.630. The third-order valence-electron chi connectivity index (χ3n) is 7.51. The molecule has 35 heavy (non-hydrogen) atoms. The van der Waals surface area contributed by atoms with E-state index in [2.05, 4.69) is 24.5 Å². The van der Waals surface area contributed by atoms with Gasteiger partial charge in [-0.2, -0.15) is 13.2 Å². The lowest BCUT2D eigenvalue weighted by atomic mass is 9.85. The highest BCUT2D eigenvalue weighted by atomic mass is 32.2. The number of aliphatic hydroxyl groups excluding tert-OH is 3. The number of alkyl halides is 3. The molecular weight excluding hydrogens is 489 g/mol. The van der Waals surface area contributed by atoms with Crippen molar-refractivity contribution >= 4 is 17.7 Å². The molecular formula is C23H39F3N2O6S. The van der Waals surface area contributed by atoms with Crippen molar-refractivity contribution in [3.8, 4) is 0 Å². The average Bonchev–Trinajstić information content (AvgIpc) is 3.06. The van der Waals surface area contributed by atoms with Crippen LogP contribution in [0.25, 0.3) is 0 Å². The number of amides is 1. The Bertz CT molecular complexity index is 715. The van der Waals surface area contributed by atoms with E-state index in [4.69, 9.17) is 9.47 Å². The van der Waals surface area contributed by atoms with Gasteiger partial charge in [-0.1, -0.05) is 20.8 Å². The van der Waals surface area contributed by atoms with E-state index in [0.717, 1.165) is 37.9 Å². The van der Waals surface area contributed by atoms with Gasteiger partial charge in [0.05, 0.1) is 18.1 Å². The number of carbonyl (C=O) groups is 1. The van der Waals surface area contributed by atoms with Gasteiger partial charge in [0.25, 0.3) is 0 Å². The highest BCUT2D eigenvalue weighted by Gasteiger charge is 2.54. The SMILES string of the molecule is CSC1OC([C@H](NC(=O)[C@H]2NC[C@@H]3C[C@H](CC(C)C)CCO[C@H]32)C(C)C(F)(F)F)C(O)C(O)C1O. The van der Waals surface area contributed by atoms with Gasteiger partial charge in [0, 0.05) is 13.2 Å². The molecule has 3 heterocycles. The lowest BCUT2D eigenvalue weighted by Gasteiger charge is -2.45. The summed E-state index contributed by atoms with van der Waals surface area (Å²) in [7, 11) is 0. The van der Waals surface area contributed by atoms with Gasteiger partial charge in [0.1, 0.15) is 35.9 Å². The van der Waals surface area contributed by atoms with Crippen LogP contribution in [0.5, 0.6) is 0 Å². The van der Waals surface area contributed by atoms with E-state index >= 15 is 0 Å². The fraction of sp³-hybridized carbons (Fsp3) is 0.957. The number of hydrogen-bond donors (Lipinski definition) is 5. The largest absolute Gasteiger partial charge is 0.393 e. The first-order valence-corrected chi connectivity index (χ1v) is 13.6. The fourth-order valence-electron chi connectivity index (χ4n) is 5.59. The normalized spacial score (nSPS) is 40.1. The molecule has 0 bridgehead atoms. The summed E-state index contributed by atoms with van der Waals surface area (Å²) >= 11 is 0.996. The summed E-state index contributed by atoms with van der Waals surface area (Å²) in [5, 5.41) is 36.4. The Labute approximate surface area is 208 Å². The van der Waals surface area contributed by atoms with E-state index in [9.17, 15) is 33.3 Å². The molecule has 0 saturated carbocycles. The highest BCUT2D eigenvalue weighted by molar-refractivity contribution is 7.99. The standard InChI is InChI=1S/C23H39F3N2O6S/c1-10(2)7-12-5-6-33-19-13(8-12)9-27-15(19)21(32)28-14(11(3)23(24,25)26)20-17(30)16(29)18(31)22(34-20)35-4/h10-20,22,27,29-31H,5-9H2,1-4H3,(H,28,32)/t11?,12-,13-,14+,15-,16?,17?,18?,19+,20?,22?/m0/s1.